The first-order valence-electron chi connectivity index (χ1n) is 15.5. The smallest absolute Gasteiger partial charge is 0.168 e. The fourth-order valence-corrected chi connectivity index (χ4v) is 5.84. The van der Waals surface area contributed by atoms with Gasteiger partial charge < -0.3 is 0 Å². The van der Waals surface area contributed by atoms with E-state index < -0.39 is 6.15 Å². The van der Waals surface area contributed by atoms with E-state index in [1.807, 2.05) is 18.2 Å². The Morgan fingerprint density at radius 2 is 0.838 bits per heavy atom. The lowest BCUT2D eigenvalue weighted by molar-refractivity contribution is -0.693. The number of hydrogen-bond acceptors (Lipinski definition) is 0. The van der Waals surface area contributed by atoms with Crippen LogP contribution in [0.1, 0.15) is 97.8 Å². The molecule has 0 spiro atoms. The van der Waals surface area contributed by atoms with E-state index in [1.54, 1.807) is 10.9 Å². The summed E-state index contributed by atoms with van der Waals surface area (Å²) in [6, 6.07) is 29.0. The lowest BCUT2D eigenvalue weighted by atomic mass is 9.15. The van der Waals surface area contributed by atoms with Crippen LogP contribution in [0.2, 0.25) is 12.6 Å². The van der Waals surface area contributed by atoms with E-state index in [9.17, 15) is 0 Å². The molecule has 2 aromatic carbocycles. The standard InChI is InChI=1S/C28H44B.C7H10N/c1-3-5-7-9-11-19-25-29(27-21-15-13-16-22-27,28-23-17-14-18-24-28)26-20-12-10-8-6-4-2;1-2-8-6-4-3-5-7-8/h13-18,21-24H,3-12,19-20,25-26H2,1-2H3;3-7H,2H2,1H3/q-1;+1. The van der Waals surface area contributed by atoms with Gasteiger partial charge in [-0.3, -0.25) is 0 Å². The summed E-state index contributed by atoms with van der Waals surface area (Å²) in [6.07, 6.45) is 22.7. The summed E-state index contributed by atoms with van der Waals surface area (Å²) in [5, 5.41) is 0. The topological polar surface area (TPSA) is 3.88 Å². The molecule has 1 nitrogen and oxygen atoms in total. The van der Waals surface area contributed by atoms with Gasteiger partial charge in [-0.2, -0.15) is 12.6 Å². The summed E-state index contributed by atoms with van der Waals surface area (Å²) in [4.78, 5) is 0. The fraction of sp³-hybridized carbons (Fsp3) is 0.514. The van der Waals surface area contributed by atoms with Crippen LogP contribution in [0, 0.1) is 0 Å². The van der Waals surface area contributed by atoms with Crippen LogP contribution in [-0.4, -0.2) is 6.15 Å². The molecule has 3 rings (SSSR count). The first kappa shape index (κ1) is 30.9. The lowest BCUT2D eigenvalue weighted by Gasteiger charge is -2.42. The molecule has 0 unspecified atom stereocenters. The Labute approximate surface area is 229 Å². The lowest BCUT2D eigenvalue weighted by Crippen LogP contribution is -2.58. The van der Waals surface area contributed by atoms with Gasteiger partial charge in [0, 0.05) is 12.1 Å². The average molecular weight is 500 g/mol. The molecule has 0 bridgehead atoms. The number of rotatable bonds is 17. The van der Waals surface area contributed by atoms with Crippen LogP contribution >= 0.6 is 0 Å². The number of nitrogens with zero attached hydrogens (tertiary/aromatic N) is 1. The van der Waals surface area contributed by atoms with Crippen LogP contribution in [0.5, 0.6) is 0 Å². The number of benzene rings is 2. The van der Waals surface area contributed by atoms with E-state index in [-0.39, 0.29) is 0 Å². The van der Waals surface area contributed by atoms with E-state index in [2.05, 4.69) is 98.4 Å². The highest BCUT2D eigenvalue weighted by molar-refractivity contribution is 7.02. The van der Waals surface area contributed by atoms with E-state index in [0.717, 1.165) is 6.54 Å². The second kappa shape index (κ2) is 19.7. The van der Waals surface area contributed by atoms with E-state index >= 15 is 0 Å². The molecule has 0 aliphatic carbocycles. The maximum atomic E-state index is 2.40. The third-order valence-corrected chi connectivity index (χ3v) is 8.12. The van der Waals surface area contributed by atoms with Gasteiger partial charge in [-0.15, -0.1) is 0 Å². The Morgan fingerprint density at radius 1 is 0.459 bits per heavy atom. The molecular weight excluding hydrogens is 445 g/mol. The Morgan fingerprint density at radius 3 is 1.22 bits per heavy atom. The molecule has 0 aliphatic heterocycles. The molecule has 0 saturated carbocycles. The second-order valence-electron chi connectivity index (χ2n) is 10.9. The predicted molar refractivity (Wildman–Crippen MR) is 167 cm³/mol. The molecule has 0 fully saturated rings. The second-order valence-corrected chi connectivity index (χ2v) is 10.9. The minimum absolute atomic E-state index is 0.660. The van der Waals surface area contributed by atoms with Gasteiger partial charge in [0.15, 0.2) is 12.4 Å². The van der Waals surface area contributed by atoms with Gasteiger partial charge in [-0.25, -0.2) is 15.5 Å². The highest BCUT2D eigenvalue weighted by atomic mass is 14.9. The Balaban J connectivity index is 0.000000510. The molecule has 0 N–H and O–H groups in total. The van der Waals surface area contributed by atoms with E-state index in [1.165, 1.54) is 89.7 Å². The van der Waals surface area contributed by atoms with Gasteiger partial charge >= 0.3 is 0 Å². The third kappa shape index (κ3) is 11.7. The maximum absolute atomic E-state index is 2.40. The quantitative estimate of drug-likeness (QED) is 0.0991. The van der Waals surface area contributed by atoms with Gasteiger partial charge in [0.1, 0.15) is 6.54 Å². The van der Waals surface area contributed by atoms with Crippen LogP contribution in [-0.2, 0) is 6.54 Å². The zero-order valence-corrected chi connectivity index (χ0v) is 24.3. The maximum Gasteiger partial charge on any atom is 0.168 e. The molecular formula is C35H54BN. The Bertz CT molecular complexity index is 837. The molecule has 1 aromatic heterocycles. The van der Waals surface area contributed by atoms with Crippen molar-refractivity contribution in [3.63, 3.8) is 0 Å². The number of unbranched alkanes of at least 4 members (excludes halogenated alkanes) is 10. The molecule has 0 saturated heterocycles. The average Bonchev–Trinajstić information content (AvgIpc) is 2.97. The van der Waals surface area contributed by atoms with Crippen molar-refractivity contribution in [2.24, 2.45) is 0 Å². The van der Waals surface area contributed by atoms with Crippen molar-refractivity contribution < 1.29 is 4.57 Å². The number of hydrogen-bond donors (Lipinski definition) is 0. The van der Waals surface area contributed by atoms with Crippen LogP contribution in [0.15, 0.2) is 91.3 Å². The molecule has 0 aliphatic rings. The monoisotopic (exact) mass is 499 g/mol. The zero-order valence-electron chi connectivity index (χ0n) is 24.3. The summed E-state index contributed by atoms with van der Waals surface area (Å²) in [7, 11) is 0. The van der Waals surface area contributed by atoms with Crippen LogP contribution < -0.4 is 15.5 Å². The normalized spacial score (nSPS) is 11.1. The molecule has 1 heterocycles. The predicted octanol–water partition coefficient (Wildman–Crippen LogP) is 8.96. The zero-order chi connectivity index (χ0) is 26.4. The summed E-state index contributed by atoms with van der Waals surface area (Å²) in [5.41, 5.74) is 3.17. The van der Waals surface area contributed by atoms with Gasteiger partial charge in [0.2, 0.25) is 0 Å². The molecule has 2 heteroatoms. The molecule has 37 heavy (non-hydrogen) atoms. The van der Waals surface area contributed by atoms with Gasteiger partial charge in [-0.05, 0) is 6.92 Å². The van der Waals surface area contributed by atoms with Crippen LogP contribution in [0.25, 0.3) is 0 Å². The van der Waals surface area contributed by atoms with Crippen molar-refractivity contribution in [1.82, 2.24) is 0 Å². The number of aryl methyl sites for hydroxylation is 1. The van der Waals surface area contributed by atoms with Crippen molar-refractivity contribution in [1.29, 1.82) is 0 Å². The van der Waals surface area contributed by atoms with Crippen molar-refractivity contribution >= 4 is 17.1 Å². The van der Waals surface area contributed by atoms with Gasteiger partial charge in [0.25, 0.3) is 0 Å². The Kier molecular flexibility index (Phi) is 16.5. The van der Waals surface area contributed by atoms with Gasteiger partial charge in [-0.1, -0.05) is 158 Å². The van der Waals surface area contributed by atoms with Crippen molar-refractivity contribution in [3.8, 4) is 0 Å². The van der Waals surface area contributed by atoms with Crippen LogP contribution in [0.3, 0.4) is 0 Å². The third-order valence-electron chi connectivity index (χ3n) is 8.12. The van der Waals surface area contributed by atoms with Crippen molar-refractivity contribution in [2.75, 3.05) is 0 Å². The number of aromatic nitrogens is 1. The molecule has 3 aromatic rings. The van der Waals surface area contributed by atoms with Gasteiger partial charge in [0.05, 0.1) is 6.15 Å². The molecule has 0 radical (unpaired) electrons. The SMILES string of the molecule is CCCCCCCC[B-](CCCCCCCC)(c1ccccc1)c1ccccc1.CC[n+]1ccccc1. The van der Waals surface area contributed by atoms with Crippen molar-refractivity contribution in [2.45, 2.75) is 117 Å². The van der Waals surface area contributed by atoms with E-state index in [0.29, 0.717) is 0 Å². The highest BCUT2D eigenvalue weighted by Gasteiger charge is 2.26. The van der Waals surface area contributed by atoms with Crippen molar-refractivity contribution in [3.05, 3.63) is 91.3 Å². The highest BCUT2D eigenvalue weighted by Crippen LogP contribution is 2.24. The largest absolute Gasteiger partial charge is 0.205 e. The molecule has 0 atom stereocenters. The minimum atomic E-state index is -0.660. The molecule has 0 amide bonds. The molecule has 202 valence electrons. The fourth-order valence-electron chi connectivity index (χ4n) is 5.84. The Hall–Kier alpha value is -2.35. The first-order chi connectivity index (χ1) is 18.3. The van der Waals surface area contributed by atoms with Crippen LogP contribution in [0.4, 0.5) is 0 Å². The summed E-state index contributed by atoms with van der Waals surface area (Å²) < 4.78 is 2.12. The first-order valence-corrected chi connectivity index (χ1v) is 15.5. The number of pyridine rings is 1. The summed E-state index contributed by atoms with van der Waals surface area (Å²) >= 11 is 0. The summed E-state index contributed by atoms with van der Waals surface area (Å²) in [5.74, 6) is 0. The summed E-state index contributed by atoms with van der Waals surface area (Å²) in [6.45, 7) is 7.79. The van der Waals surface area contributed by atoms with E-state index in [4.69, 9.17) is 0 Å². The minimum Gasteiger partial charge on any atom is -0.205 e.